The standard InChI is InChI=1S/C31H37ClN10O4.C2HF3O2/c1-4-41-21-16-20(31(45)40-13-11-39(12-14-40)25(43)15-19-9-7-8-10-35-19)23(46-6-3)17-22(21)42(5-2)24(41)18-36-30(44)26-28(33)38-29(34)27(32)37-26;3-2(4,5)1(6)7/h7-10,16-17H,4-6,11-15,18H2,1-3H3,(H4-,33,34,36,38,44);(H,6,7). The van der Waals surface area contributed by atoms with Gasteiger partial charge in [0.05, 0.1) is 31.7 Å². The van der Waals surface area contributed by atoms with Crippen molar-refractivity contribution in [2.24, 2.45) is 0 Å². The lowest BCUT2D eigenvalue weighted by atomic mass is 10.1. The van der Waals surface area contributed by atoms with E-state index in [-0.39, 0.29) is 47.3 Å². The van der Waals surface area contributed by atoms with Crippen molar-refractivity contribution >= 4 is 58.0 Å². The number of halogens is 4. The van der Waals surface area contributed by atoms with E-state index in [0.717, 1.165) is 22.6 Å². The van der Waals surface area contributed by atoms with Gasteiger partial charge in [0.2, 0.25) is 5.91 Å². The summed E-state index contributed by atoms with van der Waals surface area (Å²) in [6.07, 6.45) is -3.30. The molecule has 0 aliphatic carbocycles. The molecule has 3 aromatic heterocycles. The first-order valence-corrected chi connectivity index (χ1v) is 16.8. The molecule has 1 saturated heterocycles. The van der Waals surface area contributed by atoms with Crippen LogP contribution in [0.5, 0.6) is 5.75 Å². The number of nitrogen functional groups attached to an aromatic ring is 2. The first-order valence-electron chi connectivity index (χ1n) is 16.4. The van der Waals surface area contributed by atoms with Gasteiger partial charge in [-0.05, 0) is 32.9 Å². The number of imidazole rings is 1. The summed E-state index contributed by atoms with van der Waals surface area (Å²) in [5.74, 6) is -2.65. The molecule has 284 valence electrons. The number of nitrogens with two attached hydrogens (primary N) is 2. The maximum absolute atomic E-state index is 13.9. The van der Waals surface area contributed by atoms with Crippen molar-refractivity contribution in [2.45, 2.75) is 53.0 Å². The number of aryl methyl sites for hydroxylation is 2. The Labute approximate surface area is 306 Å². The molecule has 20 heteroatoms. The van der Waals surface area contributed by atoms with E-state index in [9.17, 15) is 27.6 Å². The number of amides is 3. The Morgan fingerprint density at radius 3 is 2.25 bits per heavy atom. The van der Waals surface area contributed by atoms with Crippen LogP contribution < -0.4 is 31.2 Å². The molecule has 1 aliphatic rings. The molecule has 0 bridgehead atoms. The minimum Gasteiger partial charge on any atom is -0.542 e. The number of benzene rings is 1. The first kappa shape index (κ1) is 40.1. The molecule has 0 radical (unpaired) electrons. The van der Waals surface area contributed by atoms with Gasteiger partial charge in [-0.2, -0.15) is 13.2 Å². The monoisotopic (exact) mass is 762 g/mol. The van der Waals surface area contributed by atoms with Crippen molar-refractivity contribution in [1.29, 1.82) is 0 Å². The average molecular weight is 763 g/mol. The van der Waals surface area contributed by atoms with E-state index in [1.165, 1.54) is 0 Å². The van der Waals surface area contributed by atoms with E-state index in [4.69, 9.17) is 37.7 Å². The van der Waals surface area contributed by atoms with Crippen LogP contribution in [0.3, 0.4) is 0 Å². The second kappa shape index (κ2) is 17.2. The SMILES string of the molecule is CCOc1cc2c(cc1C(=O)N1CCN(C(=O)Cc3ccccn3)CC1)n(CC)c(CNC(=O)c1nc(Cl)c(N)nc1N)[n+]2CC.O=C([O-])C(F)(F)F. The summed E-state index contributed by atoms with van der Waals surface area (Å²) in [5, 5.41) is 11.5. The fraction of sp³-hybridized carbons (Fsp3) is 0.394. The Hall–Kier alpha value is -5.72. The number of alkyl halides is 3. The normalized spacial score (nSPS) is 13.0. The third-order valence-electron chi connectivity index (χ3n) is 8.18. The largest absolute Gasteiger partial charge is 0.542 e. The summed E-state index contributed by atoms with van der Waals surface area (Å²) in [7, 11) is 0. The fourth-order valence-electron chi connectivity index (χ4n) is 5.70. The lowest BCUT2D eigenvalue weighted by Gasteiger charge is -2.35. The highest BCUT2D eigenvalue weighted by Gasteiger charge is 2.32. The van der Waals surface area contributed by atoms with Crippen molar-refractivity contribution in [1.82, 2.24) is 34.6 Å². The number of aliphatic carboxylic acids is 1. The number of rotatable bonds is 10. The molecule has 1 aromatic carbocycles. The van der Waals surface area contributed by atoms with Gasteiger partial charge in [-0.15, -0.1) is 0 Å². The molecule has 4 heterocycles. The molecule has 0 spiro atoms. The zero-order valence-corrected chi connectivity index (χ0v) is 29.8. The quantitative estimate of drug-likeness (QED) is 0.195. The molecule has 1 aliphatic heterocycles. The van der Waals surface area contributed by atoms with Crippen molar-refractivity contribution < 1.29 is 46.8 Å². The molecule has 0 saturated carbocycles. The molecule has 4 aromatic rings. The first-order chi connectivity index (χ1) is 25.1. The number of anilines is 2. The van der Waals surface area contributed by atoms with Crippen LogP contribution in [0.2, 0.25) is 5.15 Å². The highest BCUT2D eigenvalue weighted by Crippen LogP contribution is 2.28. The molecule has 53 heavy (non-hydrogen) atoms. The highest BCUT2D eigenvalue weighted by molar-refractivity contribution is 6.31. The van der Waals surface area contributed by atoms with Crippen LogP contribution in [0.15, 0.2) is 36.5 Å². The Bertz CT molecular complexity index is 1990. The molecule has 0 unspecified atom stereocenters. The van der Waals surface area contributed by atoms with Crippen molar-refractivity contribution in [3.8, 4) is 5.75 Å². The van der Waals surface area contributed by atoms with Gasteiger partial charge < -0.3 is 41.2 Å². The van der Waals surface area contributed by atoms with Gasteiger partial charge in [0, 0.05) is 50.2 Å². The second-order valence-corrected chi connectivity index (χ2v) is 11.8. The number of carbonyl (C=O) groups excluding carboxylic acids is 4. The number of fused-ring (bicyclic) bond motifs is 1. The lowest BCUT2D eigenvalue weighted by Crippen LogP contribution is -2.51. The van der Waals surface area contributed by atoms with E-state index in [1.54, 1.807) is 16.0 Å². The minimum absolute atomic E-state index is 0.0130. The van der Waals surface area contributed by atoms with Gasteiger partial charge in [0.15, 0.2) is 33.5 Å². The molecule has 5 rings (SSSR count). The number of pyridine rings is 1. The van der Waals surface area contributed by atoms with E-state index in [1.807, 2.05) is 55.7 Å². The van der Waals surface area contributed by atoms with Crippen LogP contribution >= 0.6 is 11.6 Å². The molecule has 0 atom stereocenters. The van der Waals surface area contributed by atoms with E-state index >= 15 is 0 Å². The van der Waals surface area contributed by atoms with Crippen molar-refractivity contribution in [3.63, 3.8) is 0 Å². The average Bonchev–Trinajstić information content (AvgIpc) is 3.43. The third-order valence-corrected chi connectivity index (χ3v) is 8.46. The van der Waals surface area contributed by atoms with E-state index in [2.05, 4.69) is 24.8 Å². The number of carboxylic acid groups (broad SMARTS) is 1. The molecule has 1 fully saturated rings. The minimum atomic E-state index is -5.19. The van der Waals surface area contributed by atoms with Crippen LogP contribution in [0.4, 0.5) is 24.8 Å². The topological polar surface area (TPSA) is 219 Å². The molecular formula is C33H38ClF3N10O6. The summed E-state index contributed by atoms with van der Waals surface area (Å²) < 4.78 is 41.6. The van der Waals surface area contributed by atoms with Crippen molar-refractivity contribution in [3.05, 3.63) is 64.5 Å². The summed E-state index contributed by atoms with van der Waals surface area (Å²) >= 11 is 5.98. The number of piperazine rings is 1. The highest BCUT2D eigenvalue weighted by atomic mass is 35.5. The Balaban J connectivity index is 0.000000815. The van der Waals surface area contributed by atoms with Gasteiger partial charge in [0.25, 0.3) is 17.6 Å². The molecule has 3 amide bonds. The number of hydrogen-bond acceptors (Lipinski definition) is 11. The Morgan fingerprint density at radius 2 is 1.68 bits per heavy atom. The predicted molar refractivity (Wildman–Crippen MR) is 183 cm³/mol. The van der Waals surface area contributed by atoms with Gasteiger partial charge >= 0.3 is 6.18 Å². The number of ether oxygens (including phenoxy) is 1. The number of nitrogens with one attached hydrogen (secondary N) is 1. The summed E-state index contributed by atoms with van der Waals surface area (Å²) in [4.78, 5) is 64.3. The molecular weight excluding hydrogens is 725 g/mol. The van der Waals surface area contributed by atoms with E-state index < -0.39 is 18.1 Å². The summed E-state index contributed by atoms with van der Waals surface area (Å²) in [6, 6.07) is 9.24. The van der Waals surface area contributed by atoms with Gasteiger partial charge in [-0.3, -0.25) is 19.4 Å². The van der Waals surface area contributed by atoms with Gasteiger partial charge in [0.1, 0.15) is 18.3 Å². The number of carboxylic acids is 1. The maximum atomic E-state index is 13.9. The van der Waals surface area contributed by atoms with Crippen LogP contribution in [0, 0.1) is 0 Å². The number of hydrogen-bond donors (Lipinski definition) is 3. The van der Waals surface area contributed by atoms with Gasteiger partial charge in [-0.1, -0.05) is 17.7 Å². The third kappa shape index (κ3) is 9.39. The molecule has 16 nitrogen and oxygen atoms in total. The van der Waals surface area contributed by atoms with Crippen LogP contribution in [0.25, 0.3) is 11.0 Å². The van der Waals surface area contributed by atoms with Crippen LogP contribution in [-0.2, 0) is 35.6 Å². The Kier molecular flexibility index (Phi) is 13.0. The lowest BCUT2D eigenvalue weighted by molar-refractivity contribution is -0.676. The van der Waals surface area contributed by atoms with Crippen LogP contribution in [-0.4, -0.2) is 92.0 Å². The predicted octanol–water partition coefficient (Wildman–Crippen LogP) is 1.13. The number of carbonyl (C=O) groups is 4. The second-order valence-electron chi connectivity index (χ2n) is 11.4. The zero-order chi connectivity index (χ0) is 39.0. The Morgan fingerprint density at radius 1 is 1.02 bits per heavy atom. The fourth-order valence-corrected chi connectivity index (χ4v) is 5.83. The number of nitrogens with zero attached hydrogens (tertiary/aromatic N) is 7. The van der Waals surface area contributed by atoms with E-state index in [0.29, 0.717) is 57.2 Å². The zero-order valence-electron chi connectivity index (χ0n) is 29.1. The summed E-state index contributed by atoms with van der Waals surface area (Å²) in [6.45, 7) is 9.21. The number of aromatic nitrogens is 5. The molecule has 5 N–H and O–H groups in total. The summed E-state index contributed by atoms with van der Waals surface area (Å²) in [5.41, 5.74) is 14.2. The smallest absolute Gasteiger partial charge is 0.430 e. The van der Waals surface area contributed by atoms with Crippen molar-refractivity contribution in [2.75, 3.05) is 44.3 Å². The van der Waals surface area contributed by atoms with Crippen LogP contribution in [0.1, 0.15) is 53.1 Å². The van der Waals surface area contributed by atoms with Gasteiger partial charge in [-0.25, -0.2) is 19.1 Å². The maximum Gasteiger partial charge on any atom is 0.430 e.